The van der Waals surface area contributed by atoms with E-state index in [0.717, 1.165) is 18.8 Å². The third-order valence-corrected chi connectivity index (χ3v) is 3.73. The zero-order chi connectivity index (χ0) is 14.1. The number of hydrogen-bond acceptors (Lipinski definition) is 6. The monoisotopic (exact) mass is 287 g/mol. The summed E-state index contributed by atoms with van der Waals surface area (Å²) in [5, 5.41) is 6.11. The van der Waals surface area contributed by atoms with Crippen molar-refractivity contribution in [2.75, 3.05) is 36.0 Å². The Kier molecular flexibility index (Phi) is 6.51. The molecule has 1 heterocycles. The van der Waals surface area contributed by atoms with Crippen LogP contribution in [0.1, 0.15) is 20.3 Å². The largest absolute Gasteiger partial charge is 0.370 e. The van der Waals surface area contributed by atoms with Gasteiger partial charge in [-0.05, 0) is 6.42 Å². The predicted octanol–water partition coefficient (Wildman–Crippen LogP) is 0.650. The summed E-state index contributed by atoms with van der Waals surface area (Å²) in [4.78, 5) is 8.11. The first-order valence-electron chi connectivity index (χ1n) is 6.34. The van der Waals surface area contributed by atoms with Crippen molar-refractivity contribution in [1.29, 1.82) is 0 Å². The molecule has 0 amide bonds. The van der Waals surface area contributed by atoms with Crippen molar-refractivity contribution in [2.45, 2.75) is 20.3 Å². The molecule has 0 unspecified atom stereocenters. The summed E-state index contributed by atoms with van der Waals surface area (Å²) in [6.45, 7) is 5.37. The van der Waals surface area contributed by atoms with Gasteiger partial charge in [-0.1, -0.05) is 13.8 Å². The standard InChI is InChI=1S/C11H21N5O2S/c1-3-5-12-10-8-11(15-9-14-10)13-6-7-19(17,18)16-4-2/h8-9,16H,3-7H2,1-2H3,(H2,12,13,14,15). The maximum Gasteiger partial charge on any atom is 0.213 e. The quantitative estimate of drug-likeness (QED) is 0.617. The van der Waals surface area contributed by atoms with Crippen LogP contribution in [0.2, 0.25) is 0 Å². The van der Waals surface area contributed by atoms with E-state index in [1.165, 1.54) is 6.33 Å². The van der Waals surface area contributed by atoms with Gasteiger partial charge >= 0.3 is 0 Å². The molecule has 0 fully saturated rings. The van der Waals surface area contributed by atoms with Crippen molar-refractivity contribution in [3.63, 3.8) is 0 Å². The van der Waals surface area contributed by atoms with Crippen LogP contribution in [0.5, 0.6) is 0 Å². The van der Waals surface area contributed by atoms with Crippen LogP contribution >= 0.6 is 0 Å². The molecule has 1 rings (SSSR count). The van der Waals surface area contributed by atoms with Gasteiger partial charge in [0.05, 0.1) is 5.75 Å². The van der Waals surface area contributed by atoms with Crippen molar-refractivity contribution < 1.29 is 8.42 Å². The average molecular weight is 287 g/mol. The van der Waals surface area contributed by atoms with Crippen LogP contribution < -0.4 is 15.4 Å². The first-order chi connectivity index (χ1) is 9.07. The van der Waals surface area contributed by atoms with E-state index in [1.807, 2.05) is 0 Å². The Balaban J connectivity index is 2.45. The lowest BCUT2D eigenvalue weighted by atomic mass is 10.4. The Morgan fingerprint density at radius 1 is 1.11 bits per heavy atom. The summed E-state index contributed by atoms with van der Waals surface area (Å²) in [7, 11) is -3.20. The van der Waals surface area contributed by atoms with E-state index in [4.69, 9.17) is 0 Å². The van der Waals surface area contributed by atoms with Crippen LogP contribution in [-0.2, 0) is 10.0 Å². The van der Waals surface area contributed by atoms with Gasteiger partial charge in [0.25, 0.3) is 0 Å². The van der Waals surface area contributed by atoms with Crippen LogP contribution in [0.3, 0.4) is 0 Å². The third kappa shape index (κ3) is 6.35. The normalized spacial score (nSPS) is 11.3. The predicted molar refractivity (Wildman–Crippen MR) is 76.8 cm³/mol. The molecule has 1 aromatic heterocycles. The van der Waals surface area contributed by atoms with Crippen molar-refractivity contribution in [3.05, 3.63) is 12.4 Å². The second-order valence-electron chi connectivity index (χ2n) is 3.96. The minimum atomic E-state index is -3.20. The van der Waals surface area contributed by atoms with E-state index >= 15 is 0 Å². The Hall–Kier alpha value is -1.41. The zero-order valence-electron chi connectivity index (χ0n) is 11.3. The molecule has 19 heavy (non-hydrogen) atoms. The number of rotatable bonds is 9. The first-order valence-corrected chi connectivity index (χ1v) is 7.99. The molecule has 0 saturated heterocycles. The number of anilines is 2. The zero-order valence-corrected chi connectivity index (χ0v) is 12.1. The van der Waals surface area contributed by atoms with Gasteiger partial charge in [-0.25, -0.2) is 23.1 Å². The Bertz CT molecular complexity index is 478. The Labute approximate surface area is 114 Å². The maximum atomic E-state index is 11.4. The molecule has 0 atom stereocenters. The van der Waals surface area contributed by atoms with Crippen LogP contribution in [0.25, 0.3) is 0 Å². The third-order valence-electron chi connectivity index (χ3n) is 2.26. The molecule has 0 spiro atoms. The van der Waals surface area contributed by atoms with Gasteiger partial charge in [0.15, 0.2) is 0 Å². The molecule has 0 aliphatic heterocycles. The minimum Gasteiger partial charge on any atom is -0.370 e. The van der Waals surface area contributed by atoms with Gasteiger partial charge in [0.1, 0.15) is 18.0 Å². The minimum absolute atomic E-state index is 0.0164. The Morgan fingerprint density at radius 2 is 1.74 bits per heavy atom. The second-order valence-corrected chi connectivity index (χ2v) is 5.89. The number of hydrogen-bond donors (Lipinski definition) is 3. The lowest BCUT2D eigenvalue weighted by Gasteiger charge is -2.08. The summed E-state index contributed by atoms with van der Waals surface area (Å²) in [6.07, 6.45) is 2.45. The van der Waals surface area contributed by atoms with Gasteiger partial charge in [0, 0.05) is 25.7 Å². The molecule has 8 heteroatoms. The van der Waals surface area contributed by atoms with Gasteiger partial charge in [0.2, 0.25) is 10.0 Å². The van der Waals surface area contributed by atoms with Gasteiger partial charge < -0.3 is 10.6 Å². The lowest BCUT2D eigenvalue weighted by molar-refractivity contribution is 0.584. The smallest absolute Gasteiger partial charge is 0.213 e. The van der Waals surface area contributed by atoms with E-state index in [1.54, 1.807) is 13.0 Å². The summed E-state index contributed by atoms with van der Waals surface area (Å²) < 4.78 is 25.3. The summed E-state index contributed by atoms with van der Waals surface area (Å²) in [5.41, 5.74) is 0. The highest BCUT2D eigenvalue weighted by molar-refractivity contribution is 7.89. The summed E-state index contributed by atoms with van der Waals surface area (Å²) in [5.74, 6) is 1.36. The lowest BCUT2D eigenvalue weighted by Crippen LogP contribution is -2.29. The number of nitrogens with zero attached hydrogens (tertiary/aromatic N) is 2. The van der Waals surface area contributed by atoms with E-state index < -0.39 is 10.0 Å². The van der Waals surface area contributed by atoms with E-state index in [0.29, 0.717) is 18.9 Å². The van der Waals surface area contributed by atoms with Crippen LogP contribution in [0, 0.1) is 0 Å². The van der Waals surface area contributed by atoms with Crippen LogP contribution in [-0.4, -0.2) is 43.8 Å². The molecule has 108 valence electrons. The molecule has 0 saturated carbocycles. The second kappa shape index (κ2) is 7.90. The molecule has 0 aliphatic carbocycles. The number of nitrogens with one attached hydrogen (secondary N) is 3. The highest BCUT2D eigenvalue weighted by Gasteiger charge is 2.07. The molecule has 0 aliphatic rings. The fraction of sp³-hybridized carbons (Fsp3) is 0.636. The van der Waals surface area contributed by atoms with Gasteiger partial charge in [-0.2, -0.15) is 0 Å². The number of sulfonamides is 1. The number of aromatic nitrogens is 2. The molecule has 7 nitrogen and oxygen atoms in total. The molecular formula is C11H21N5O2S. The van der Waals surface area contributed by atoms with Gasteiger partial charge in [-0.15, -0.1) is 0 Å². The summed E-state index contributed by atoms with van der Waals surface area (Å²) in [6, 6.07) is 1.76. The molecule has 0 bridgehead atoms. The fourth-order valence-corrected chi connectivity index (χ4v) is 2.36. The van der Waals surface area contributed by atoms with Crippen molar-refractivity contribution in [2.24, 2.45) is 0 Å². The Morgan fingerprint density at radius 3 is 2.32 bits per heavy atom. The SMILES string of the molecule is CCCNc1cc(NCCS(=O)(=O)NCC)ncn1. The highest BCUT2D eigenvalue weighted by atomic mass is 32.2. The van der Waals surface area contributed by atoms with Crippen molar-refractivity contribution >= 4 is 21.7 Å². The molecule has 0 aromatic carbocycles. The van der Waals surface area contributed by atoms with Gasteiger partial charge in [-0.3, -0.25) is 0 Å². The van der Waals surface area contributed by atoms with Crippen molar-refractivity contribution in [1.82, 2.24) is 14.7 Å². The fourth-order valence-electron chi connectivity index (χ4n) is 1.41. The highest BCUT2D eigenvalue weighted by Crippen LogP contribution is 2.08. The van der Waals surface area contributed by atoms with Crippen LogP contribution in [0.4, 0.5) is 11.6 Å². The topological polar surface area (TPSA) is 96.0 Å². The van der Waals surface area contributed by atoms with Crippen LogP contribution in [0.15, 0.2) is 12.4 Å². The van der Waals surface area contributed by atoms with E-state index in [9.17, 15) is 8.42 Å². The average Bonchev–Trinajstić information content (AvgIpc) is 2.36. The maximum absolute atomic E-state index is 11.4. The molecule has 0 radical (unpaired) electrons. The van der Waals surface area contributed by atoms with E-state index in [-0.39, 0.29) is 5.75 Å². The van der Waals surface area contributed by atoms with E-state index in [2.05, 4.69) is 32.2 Å². The summed E-state index contributed by atoms with van der Waals surface area (Å²) >= 11 is 0. The first kappa shape index (κ1) is 15.6. The molecular weight excluding hydrogens is 266 g/mol. The molecule has 1 aromatic rings. The van der Waals surface area contributed by atoms with Crippen molar-refractivity contribution in [3.8, 4) is 0 Å². The molecule has 3 N–H and O–H groups in total.